The van der Waals surface area contributed by atoms with E-state index in [4.69, 9.17) is 18.4 Å². The number of alkyl halides is 9. The molecule has 9 aromatic carbocycles. The first-order valence-corrected chi connectivity index (χ1v) is 78.2. The van der Waals surface area contributed by atoms with Gasteiger partial charge in [0.05, 0.1) is 46.8 Å². The van der Waals surface area contributed by atoms with Crippen LogP contribution >= 0.6 is 314 Å². The van der Waals surface area contributed by atoms with E-state index in [0.717, 1.165) is 147 Å². The molecule has 0 radical (unpaired) electrons. The summed E-state index contributed by atoms with van der Waals surface area (Å²) >= 11 is 34.3. The van der Waals surface area contributed by atoms with Crippen molar-refractivity contribution in [2.75, 3.05) is 173 Å². The number of anilines is 4. The maximum atomic E-state index is 14.6. The molecule has 6 aliphatic heterocycles. The van der Waals surface area contributed by atoms with E-state index in [1.54, 1.807) is 35.3 Å². The number of aromatic nitrogens is 6. The Labute approximate surface area is 1050 Å². The number of nitrogens with one attached hydrogen (secondary N) is 2. The van der Waals surface area contributed by atoms with Gasteiger partial charge in [0.25, 0.3) is 10.1 Å². The van der Waals surface area contributed by atoms with E-state index in [2.05, 4.69) is 474 Å². The Morgan fingerprint density at radius 1 is 0.459 bits per heavy atom. The number of hydrogen-bond acceptors (Lipinski definition) is 20. The topological polar surface area (TPSA) is 216 Å². The molecule has 22 nitrogen and oxygen atoms in total. The molecule has 0 amide bonds. The van der Waals surface area contributed by atoms with Crippen LogP contribution in [0.3, 0.4) is 0 Å². The molecule has 6 aliphatic rings. The number of rotatable bonds is 17. The normalized spacial score (nSPS) is 17.0. The predicted octanol–water partition coefficient (Wildman–Crippen LogP) is 29.5. The number of phenols is 2. The van der Waals surface area contributed by atoms with Crippen LogP contribution in [0.5, 0.6) is 17.2 Å². The summed E-state index contributed by atoms with van der Waals surface area (Å²) in [6.45, 7) is 34.9. The quantitative estimate of drug-likeness (QED) is 0.0219. The molecule has 6 fully saturated rings. The number of benzene rings is 9. The zero-order valence-electron chi connectivity index (χ0n) is 82.6. The van der Waals surface area contributed by atoms with Crippen molar-refractivity contribution < 1.29 is 59.5 Å². The van der Waals surface area contributed by atoms with Crippen molar-refractivity contribution in [3.63, 3.8) is 0 Å². The first-order valence-electron chi connectivity index (χ1n) is 45.2. The van der Waals surface area contributed by atoms with E-state index in [-0.39, 0.29) is 74.8 Å². The van der Waals surface area contributed by atoms with Crippen molar-refractivity contribution in [2.45, 2.75) is 112 Å². The first-order chi connectivity index (χ1) is 68.8. The molecular formula is C102H139Br2F4I12N14O8P2SV. The minimum absolute atomic E-state index is 0. The number of halogens is 18. The Hall–Kier alpha value is 0.414. The second-order valence-corrected chi connectivity index (χ2v) is 88.5. The first kappa shape index (κ1) is 142. The number of ether oxygens (including phenoxy) is 3. The van der Waals surface area contributed by atoms with Crippen molar-refractivity contribution in [1.29, 1.82) is 0 Å². The Bertz CT molecular complexity index is 5510. The fourth-order valence-corrected chi connectivity index (χ4v) is 17.6. The molecular weight excluding hydrogens is 3450 g/mol. The van der Waals surface area contributed by atoms with Crippen molar-refractivity contribution in [2.24, 2.45) is 11.8 Å². The molecule has 17 rings (SSSR count). The van der Waals surface area contributed by atoms with Crippen LogP contribution in [0.2, 0.25) is 0 Å². The fourth-order valence-electron chi connectivity index (χ4n) is 15.2. The molecule has 0 saturated carbocycles. The van der Waals surface area contributed by atoms with Crippen LogP contribution < -0.4 is 35.0 Å². The maximum absolute atomic E-state index is 14.6. The van der Waals surface area contributed by atoms with Gasteiger partial charge in [0.2, 0.25) is 0 Å². The van der Waals surface area contributed by atoms with E-state index < -0.39 is 44.6 Å². The summed E-state index contributed by atoms with van der Waals surface area (Å²) < 4.78 is 116. The van der Waals surface area contributed by atoms with Crippen LogP contribution in [-0.4, -0.2) is 211 Å². The molecule has 0 bridgehead atoms. The summed E-state index contributed by atoms with van der Waals surface area (Å²) in [5, 5.41) is 33.9. The summed E-state index contributed by atoms with van der Waals surface area (Å²) in [5.74, 6) is -1.41. The summed E-state index contributed by atoms with van der Waals surface area (Å²) in [6, 6.07) is 54.6. The van der Waals surface area contributed by atoms with Crippen LogP contribution in [-0.2, 0) is 53.0 Å². The van der Waals surface area contributed by atoms with Gasteiger partial charge < -0.3 is 54.7 Å². The van der Waals surface area contributed by atoms with Crippen molar-refractivity contribution >= 4 is 347 Å². The second-order valence-electron chi connectivity index (χ2n) is 32.9. The van der Waals surface area contributed by atoms with E-state index in [0.29, 0.717) is 36.7 Å². The van der Waals surface area contributed by atoms with Crippen LogP contribution in [0, 0.1) is 90.5 Å². The van der Waals surface area contributed by atoms with Crippen molar-refractivity contribution in [1.82, 2.24) is 49.5 Å². The average Bonchev–Trinajstić information content (AvgIpc) is 1.61. The van der Waals surface area contributed by atoms with Gasteiger partial charge in [-0.05, 0) is 231 Å². The zero-order valence-corrected chi connectivity index (χ0v) is 116. The van der Waals surface area contributed by atoms with Crippen LogP contribution in [0.15, 0.2) is 221 Å². The number of piperazine rings is 4. The van der Waals surface area contributed by atoms with Crippen molar-refractivity contribution in [3.05, 3.63) is 295 Å². The third-order valence-corrected chi connectivity index (χ3v) is 26.0. The molecule has 8 heterocycles. The second kappa shape index (κ2) is 79.4. The fraction of sp³-hybridized carbons (Fsp3) is 0.431. The van der Waals surface area contributed by atoms with Gasteiger partial charge in [-0.25, -0.2) is 36.9 Å². The van der Waals surface area contributed by atoms with Gasteiger partial charge in [-0.15, -0.1) is 0 Å². The Kier molecular flexibility index (Phi) is 77.5. The molecule has 812 valence electrons. The summed E-state index contributed by atoms with van der Waals surface area (Å²) in [6.07, 6.45) is 6.57. The number of aryl methyl sites for hydroxylation is 8. The van der Waals surface area contributed by atoms with Gasteiger partial charge in [0.1, 0.15) is 77.0 Å². The standard InChI is InChI=1S/C21H20BrF2N3O2.C21H21F2N3O4S.C18H22N2O.C11H17N2OP.C11H16N2.C8H9Br.C4H11N2P.CHI3.CH2I2.4CH3I.2CH4.3HI.V/c1-14-6-16(22)2-5-20(14)28-9-15-8-21(29-10-15,11-27-13-25-12-26-27)18-4-3-17(23)7-19(18)24;1-15-2-5-18(6-3-15)31(27,28)30-11-16-9-21(29-10-16,12-26-14-24-13-25-26)19-7-4-17(22)8-20(19)23;1-14-3-5-16(6-4-14)19-9-11-20(12-10-19)17-7-8-18(21)15(2)13-17;1-9-8-10(2-3-11(9)14)12-4-6-13(15)7-5-12;1-10-2-4-11(5-3-10)13-8-6-12-7-9-13;1-6-3-4-8(9)5-7(6)2;7-6-3-1-5-2-4-6;2-1(3)4;2-1-3;4*1-2;;;;;;/h2-7,12-13,15H,8-11H2,1H3;2-8,13-14,16H,9-12H2,1H3;3-8,13,21H,9-12H2,1-2H3;2-3,8,14H,4-7,15H2,1H3;2-5,12H,6-9H2,1H3;3-5H,1-2H3;5H,1-4,7H2;1H;1H2;4*1H3;2*1H4;3*1H;/q;;;;;;;;;;;;;;;;;;+3/p-3/t15-,21+;16-,21-;;;;;;;;;;;;;;;;;/m10................./s1. The van der Waals surface area contributed by atoms with Gasteiger partial charge in [-0.1, -0.05) is 340 Å². The molecule has 11 aromatic rings. The summed E-state index contributed by atoms with van der Waals surface area (Å²) in [7, 11) is 1.51. The van der Waals surface area contributed by atoms with E-state index >= 15 is 0 Å². The Morgan fingerprint density at radius 3 is 1.15 bits per heavy atom. The Morgan fingerprint density at radius 2 is 0.801 bits per heavy atom. The van der Waals surface area contributed by atoms with Gasteiger partial charge in [-0.3, -0.25) is 13.5 Å². The molecule has 146 heavy (non-hydrogen) atoms. The van der Waals surface area contributed by atoms with Gasteiger partial charge in [-0.2, -0.15) is 18.6 Å². The molecule has 2 unspecified atom stereocenters. The van der Waals surface area contributed by atoms with Gasteiger partial charge in [0, 0.05) is 172 Å². The van der Waals surface area contributed by atoms with Crippen molar-refractivity contribution in [3.8, 4) is 17.2 Å². The average molecular weight is 3590 g/mol. The van der Waals surface area contributed by atoms with E-state index in [1.807, 2.05) is 83.8 Å². The summed E-state index contributed by atoms with van der Waals surface area (Å²) in [5.41, 5.74) is 12.6. The van der Waals surface area contributed by atoms with E-state index in [1.165, 1.54) is 115 Å². The molecule has 6 atom stereocenters. The number of phenolic OH excluding ortho intramolecular Hbond substituents is 2. The van der Waals surface area contributed by atoms with Crippen LogP contribution in [0.1, 0.15) is 83.3 Å². The molecule has 0 spiro atoms. The Balaban J connectivity index is 0.000000579. The molecule has 4 N–H and O–H groups in total. The zero-order chi connectivity index (χ0) is 107. The third kappa shape index (κ3) is 53.6. The number of nitrogens with zero attached hydrogens (tertiary/aromatic N) is 12. The van der Waals surface area contributed by atoms with Gasteiger partial charge in [0.15, 0.2) is 0 Å². The minimum atomic E-state index is -3.94. The van der Waals surface area contributed by atoms with Crippen LogP contribution in [0.25, 0.3) is 0 Å². The predicted molar refractivity (Wildman–Crippen MR) is 716 cm³/mol. The molecule has 44 heteroatoms. The number of aromatic hydroxyl groups is 2. The van der Waals surface area contributed by atoms with Crippen LogP contribution in [0.4, 0.5) is 40.3 Å². The molecule has 6 saturated heterocycles. The molecule has 0 aliphatic carbocycles. The summed E-state index contributed by atoms with van der Waals surface area (Å²) in [4.78, 5) is 25.1. The SMILES string of the molecule is C.C.CI.CI.CI.CI.Cc1cc(Br)ccc1OC[C@@H]1CO[C@@](Cn2cncn2)(c2ccc(F)cc2F)C1.Cc1cc(N2CCN(P)CC2)ccc1O.Cc1ccc(Br)cc1C.Cc1ccc(N2CCN(c3ccc(O)c(C)c3)CC2)cc1.Cc1ccc(N2CCNCC2)cc1.Cc1ccc(S(=O)(=O)OC[C@@H]2CO[C@@](Cn3cncn3)(c3ccc(F)cc3F)C2)cc1.IC(I)I.ICI.PN1CCNCC1.[I][V]([I])[I]. The number of hydrogen-bond donors (Lipinski definition) is 4. The van der Waals surface area contributed by atoms with E-state index in [9.17, 15) is 36.2 Å². The van der Waals surface area contributed by atoms with Gasteiger partial charge >= 0.3 is 64.9 Å². The monoisotopic (exact) mass is 3590 g/mol. The third-order valence-electron chi connectivity index (χ3n) is 22.6. The molecule has 2 aromatic heterocycles.